The molecule has 0 saturated heterocycles. The Morgan fingerprint density at radius 1 is 1.18 bits per heavy atom. The zero-order valence-electron chi connectivity index (χ0n) is 11.0. The summed E-state index contributed by atoms with van der Waals surface area (Å²) in [6, 6.07) is 9.69. The van der Waals surface area contributed by atoms with Gasteiger partial charge in [0, 0.05) is 6.04 Å². The normalized spacial score (nSPS) is 24.8. The van der Waals surface area contributed by atoms with E-state index in [2.05, 4.69) is 31.2 Å². The summed E-state index contributed by atoms with van der Waals surface area (Å²) in [6.45, 7) is 2.26. The van der Waals surface area contributed by atoms with Gasteiger partial charge < -0.3 is 5.73 Å². The van der Waals surface area contributed by atoms with Gasteiger partial charge in [-0.1, -0.05) is 37.6 Å². The molecule has 1 aromatic carbocycles. The van der Waals surface area contributed by atoms with Gasteiger partial charge in [-0.2, -0.15) is 0 Å². The molecule has 1 heteroatoms. The molecule has 0 spiro atoms. The first-order chi connectivity index (χ1) is 8.29. The Balaban J connectivity index is 2.00. The summed E-state index contributed by atoms with van der Waals surface area (Å²) in [6.07, 6.45) is 8.77. The lowest BCUT2D eigenvalue weighted by molar-refractivity contribution is 0.395. The first-order valence-corrected chi connectivity index (χ1v) is 7.14. The number of hydrogen-bond donors (Lipinski definition) is 1. The van der Waals surface area contributed by atoms with Crippen molar-refractivity contribution in [3.05, 3.63) is 35.4 Å². The van der Waals surface area contributed by atoms with Crippen molar-refractivity contribution in [1.82, 2.24) is 0 Å². The lowest BCUT2D eigenvalue weighted by atomic mass is 9.81. The van der Waals surface area contributed by atoms with Gasteiger partial charge in [0.15, 0.2) is 0 Å². The second kappa shape index (κ2) is 6.20. The van der Waals surface area contributed by atoms with Gasteiger partial charge in [-0.05, 0) is 55.6 Å². The molecule has 0 atom stereocenters. The molecule has 1 aliphatic carbocycles. The third kappa shape index (κ3) is 3.57. The fraction of sp³-hybridized carbons (Fsp3) is 0.625. The predicted molar refractivity (Wildman–Crippen MR) is 74.2 cm³/mol. The highest BCUT2D eigenvalue weighted by Crippen LogP contribution is 2.32. The molecular formula is C16H25N. The Kier molecular flexibility index (Phi) is 4.61. The fourth-order valence-corrected chi connectivity index (χ4v) is 2.84. The van der Waals surface area contributed by atoms with Crippen LogP contribution in [0, 0.1) is 0 Å². The minimum atomic E-state index is 0.453. The Morgan fingerprint density at radius 2 is 1.94 bits per heavy atom. The maximum Gasteiger partial charge on any atom is 0.00392 e. The van der Waals surface area contributed by atoms with Crippen LogP contribution in [-0.4, -0.2) is 6.04 Å². The second-order valence-corrected chi connectivity index (χ2v) is 5.46. The average Bonchev–Trinajstić information content (AvgIpc) is 2.37. The smallest absolute Gasteiger partial charge is 0.00392 e. The molecule has 1 nitrogen and oxygen atoms in total. The van der Waals surface area contributed by atoms with Crippen molar-refractivity contribution in [3.8, 4) is 0 Å². The van der Waals surface area contributed by atoms with Crippen LogP contribution in [0.3, 0.4) is 0 Å². The van der Waals surface area contributed by atoms with E-state index in [0.29, 0.717) is 6.04 Å². The molecule has 1 fully saturated rings. The Hall–Kier alpha value is -0.820. The molecule has 0 bridgehead atoms. The van der Waals surface area contributed by atoms with E-state index in [1.807, 2.05) is 0 Å². The summed E-state index contributed by atoms with van der Waals surface area (Å²) in [5.41, 5.74) is 9.03. The van der Waals surface area contributed by atoms with Gasteiger partial charge in [0.25, 0.3) is 0 Å². The van der Waals surface area contributed by atoms with E-state index in [0.717, 1.165) is 5.92 Å². The molecule has 0 radical (unpaired) electrons. The second-order valence-electron chi connectivity index (χ2n) is 5.46. The summed E-state index contributed by atoms with van der Waals surface area (Å²) in [5.74, 6) is 0.761. The monoisotopic (exact) mass is 231 g/mol. The van der Waals surface area contributed by atoms with Crippen molar-refractivity contribution in [2.75, 3.05) is 0 Å². The van der Waals surface area contributed by atoms with E-state index < -0.39 is 0 Å². The first-order valence-electron chi connectivity index (χ1n) is 7.14. The minimum Gasteiger partial charge on any atom is -0.328 e. The highest BCUT2D eigenvalue weighted by Gasteiger charge is 2.19. The van der Waals surface area contributed by atoms with Crippen LogP contribution in [0.15, 0.2) is 24.3 Å². The molecule has 2 rings (SSSR count). The molecule has 0 heterocycles. The molecule has 17 heavy (non-hydrogen) atoms. The highest BCUT2D eigenvalue weighted by atomic mass is 14.6. The van der Waals surface area contributed by atoms with Crippen LogP contribution in [-0.2, 0) is 6.42 Å². The van der Waals surface area contributed by atoms with Crippen LogP contribution >= 0.6 is 0 Å². The molecule has 1 saturated carbocycles. The number of nitrogens with two attached hydrogens (primary N) is 1. The zero-order valence-corrected chi connectivity index (χ0v) is 11.0. The number of rotatable bonds is 4. The van der Waals surface area contributed by atoms with Crippen molar-refractivity contribution in [1.29, 1.82) is 0 Å². The quantitative estimate of drug-likeness (QED) is 0.832. The SMILES string of the molecule is CCCCc1cccc(C2CCC(N)CC2)c1. The Morgan fingerprint density at radius 3 is 2.65 bits per heavy atom. The van der Waals surface area contributed by atoms with E-state index in [1.54, 1.807) is 5.56 Å². The molecule has 1 aromatic rings. The molecule has 0 unspecified atom stereocenters. The van der Waals surface area contributed by atoms with Crippen molar-refractivity contribution in [2.45, 2.75) is 63.8 Å². The Bertz CT molecular complexity index is 337. The Labute approximate surface area is 105 Å². The van der Waals surface area contributed by atoms with E-state index in [1.165, 1.54) is 50.5 Å². The van der Waals surface area contributed by atoms with Gasteiger partial charge in [-0.15, -0.1) is 0 Å². The topological polar surface area (TPSA) is 26.0 Å². The third-order valence-corrected chi connectivity index (χ3v) is 4.01. The first kappa shape index (κ1) is 12.6. The summed E-state index contributed by atoms with van der Waals surface area (Å²) in [7, 11) is 0. The summed E-state index contributed by atoms with van der Waals surface area (Å²) < 4.78 is 0. The molecular weight excluding hydrogens is 206 g/mol. The maximum absolute atomic E-state index is 5.97. The third-order valence-electron chi connectivity index (χ3n) is 4.01. The van der Waals surface area contributed by atoms with E-state index in [-0.39, 0.29) is 0 Å². The fourth-order valence-electron chi connectivity index (χ4n) is 2.84. The van der Waals surface area contributed by atoms with Gasteiger partial charge in [0.05, 0.1) is 0 Å². The molecule has 0 aliphatic heterocycles. The van der Waals surface area contributed by atoms with Gasteiger partial charge in [0.1, 0.15) is 0 Å². The number of benzene rings is 1. The van der Waals surface area contributed by atoms with Gasteiger partial charge in [0.2, 0.25) is 0 Å². The van der Waals surface area contributed by atoms with Crippen LogP contribution in [0.4, 0.5) is 0 Å². The van der Waals surface area contributed by atoms with Gasteiger partial charge >= 0.3 is 0 Å². The lowest BCUT2D eigenvalue weighted by Gasteiger charge is -2.26. The standard InChI is InChI=1S/C16H25N/c1-2-3-5-13-6-4-7-15(12-13)14-8-10-16(17)11-9-14/h4,6-7,12,14,16H,2-3,5,8-11,17H2,1H3. The van der Waals surface area contributed by atoms with E-state index in [9.17, 15) is 0 Å². The summed E-state index contributed by atoms with van der Waals surface area (Å²) in [5, 5.41) is 0. The highest BCUT2D eigenvalue weighted by molar-refractivity contribution is 5.27. The van der Waals surface area contributed by atoms with E-state index >= 15 is 0 Å². The number of aryl methyl sites for hydroxylation is 1. The van der Waals surface area contributed by atoms with Crippen LogP contribution in [0.1, 0.15) is 62.5 Å². The van der Waals surface area contributed by atoms with Crippen LogP contribution < -0.4 is 5.73 Å². The molecule has 0 amide bonds. The average molecular weight is 231 g/mol. The number of hydrogen-bond acceptors (Lipinski definition) is 1. The molecule has 2 N–H and O–H groups in total. The van der Waals surface area contributed by atoms with Crippen molar-refractivity contribution < 1.29 is 0 Å². The van der Waals surface area contributed by atoms with Crippen molar-refractivity contribution in [2.24, 2.45) is 5.73 Å². The predicted octanol–water partition coefficient (Wildman–Crippen LogP) is 4.01. The maximum atomic E-state index is 5.97. The zero-order chi connectivity index (χ0) is 12.1. The minimum absolute atomic E-state index is 0.453. The number of unbranched alkanes of at least 4 members (excludes halogenated alkanes) is 1. The summed E-state index contributed by atoms with van der Waals surface area (Å²) >= 11 is 0. The molecule has 1 aliphatic rings. The van der Waals surface area contributed by atoms with Crippen molar-refractivity contribution in [3.63, 3.8) is 0 Å². The van der Waals surface area contributed by atoms with Crippen LogP contribution in [0.2, 0.25) is 0 Å². The van der Waals surface area contributed by atoms with E-state index in [4.69, 9.17) is 5.73 Å². The van der Waals surface area contributed by atoms with Crippen LogP contribution in [0.5, 0.6) is 0 Å². The largest absolute Gasteiger partial charge is 0.328 e. The lowest BCUT2D eigenvalue weighted by Crippen LogP contribution is -2.25. The summed E-state index contributed by atoms with van der Waals surface area (Å²) in [4.78, 5) is 0. The van der Waals surface area contributed by atoms with Crippen LogP contribution in [0.25, 0.3) is 0 Å². The van der Waals surface area contributed by atoms with Crippen molar-refractivity contribution >= 4 is 0 Å². The van der Waals surface area contributed by atoms with Gasteiger partial charge in [-0.25, -0.2) is 0 Å². The van der Waals surface area contributed by atoms with Gasteiger partial charge in [-0.3, -0.25) is 0 Å². The molecule has 0 aromatic heterocycles. The molecule has 94 valence electrons.